The van der Waals surface area contributed by atoms with Crippen molar-refractivity contribution in [2.45, 2.75) is 33.2 Å². The van der Waals surface area contributed by atoms with Gasteiger partial charge in [0.05, 0.1) is 12.1 Å². The van der Waals surface area contributed by atoms with E-state index in [9.17, 15) is 9.59 Å². The molecule has 0 heterocycles. The van der Waals surface area contributed by atoms with E-state index >= 15 is 0 Å². The second-order valence-electron chi connectivity index (χ2n) is 3.99. The summed E-state index contributed by atoms with van der Waals surface area (Å²) in [7, 11) is 0. The van der Waals surface area contributed by atoms with Gasteiger partial charge in [-0.2, -0.15) is 0 Å². The van der Waals surface area contributed by atoms with E-state index in [1.54, 1.807) is 13.8 Å². The summed E-state index contributed by atoms with van der Waals surface area (Å²) in [6.07, 6.45) is 0. The molecule has 6 heteroatoms. The van der Waals surface area contributed by atoms with Gasteiger partial charge in [0.2, 0.25) is 11.8 Å². The van der Waals surface area contributed by atoms with Gasteiger partial charge in [-0.1, -0.05) is 0 Å². The van der Waals surface area contributed by atoms with E-state index in [0.717, 1.165) is 0 Å². The summed E-state index contributed by atoms with van der Waals surface area (Å²) in [6, 6.07) is 0. The molecule has 0 bridgehead atoms. The van der Waals surface area contributed by atoms with Gasteiger partial charge < -0.3 is 16.0 Å². The molecule has 0 aliphatic heterocycles. The SMILES string of the molecule is CCNC(=O)CN(CC)C(=O)C(C)(C)N.Cl. The fourth-order valence-electron chi connectivity index (χ4n) is 1.16. The predicted molar refractivity (Wildman–Crippen MR) is 66.5 cm³/mol. The van der Waals surface area contributed by atoms with Crippen LogP contribution in [0.4, 0.5) is 0 Å². The molecule has 0 saturated heterocycles. The number of hydrogen-bond donors (Lipinski definition) is 2. The Kier molecular flexibility index (Phi) is 8.20. The molecule has 0 saturated carbocycles. The average molecular weight is 252 g/mol. The molecule has 0 aromatic heterocycles. The van der Waals surface area contributed by atoms with Gasteiger partial charge in [-0.25, -0.2) is 0 Å². The largest absolute Gasteiger partial charge is 0.355 e. The monoisotopic (exact) mass is 251 g/mol. The van der Waals surface area contributed by atoms with Crippen LogP contribution in [0.1, 0.15) is 27.7 Å². The van der Waals surface area contributed by atoms with Gasteiger partial charge in [0, 0.05) is 13.1 Å². The average Bonchev–Trinajstić information content (AvgIpc) is 2.12. The number of nitrogens with two attached hydrogens (primary N) is 1. The topological polar surface area (TPSA) is 75.4 Å². The maximum atomic E-state index is 11.8. The van der Waals surface area contributed by atoms with Gasteiger partial charge in [0.15, 0.2) is 0 Å². The Hall–Kier alpha value is -0.810. The van der Waals surface area contributed by atoms with Crippen LogP contribution < -0.4 is 11.1 Å². The van der Waals surface area contributed by atoms with E-state index in [2.05, 4.69) is 5.32 Å². The van der Waals surface area contributed by atoms with Crippen molar-refractivity contribution >= 4 is 24.2 Å². The zero-order valence-electron chi connectivity index (χ0n) is 10.4. The number of carbonyl (C=O) groups excluding carboxylic acids is 2. The lowest BCUT2D eigenvalue weighted by Gasteiger charge is -2.27. The number of amides is 2. The normalized spacial score (nSPS) is 10.3. The molecule has 0 unspecified atom stereocenters. The van der Waals surface area contributed by atoms with Crippen LogP contribution in [-0.4, -0.2) is 41.9 Å². The van der Waals surface area contributed by atoms with Gasteiger partial charge in [0.25, 0.3) is 0 Å². The van der Waals surface area contributed by atoms with E-state index in [4.69, 9.17) is 5.73 Å². The summed E-state index contributed by atoms with van der Waals surface area (Å²) in [5, 5.41) is 2.64. The number of carbonyl (C=O) groups is 2. The van der Waals surface area contributed by atoms with E-state index in [-0.39, 0.29) is 30.8 Å². The minimum atomic E-state index is -0.928. The molecular weight excluding hydrogens is 230 g/mol. The van der Waals surface area contributed by atoms with Crippen LogP contribution in [0.5, 0.6) is 0 Å². The fraction of sp³-hybridized carbons (Fsp3) is 0.800. The van der Waals surface area contributed by atoms with Crippen LogP contribution >= 0.6 is 12.4 Å². The quantitative estimate of drug-likeness (QED) is 0.729. The summed E-state index contributed by atoms with van der Waals surface area (Å²) in [6.45, 7) is 8.05. The number of halogens is 1. The molecule has 16 heavy (non-hydrogen) atoms. The number of likely N-dealkylation sites (N-methyl/N-ethyl adjacent to an activating group) is 2. The molecule has 0 aromatic rings. The van der Waals surface area contributed by atoms with Gasteiger partial charge in [-0.3, -0.25) is 9.59 Å². The third-order valence-electron chi connectivity index (χ3n) is 1.93. The summed E-state index contributed by atoms with van der Waals surface area (Å²) in [5.74, 6) is -0.367. The molecule has 0 aliphatic carbocycles. The standard InChI is InChI=1S/C10H21N3O2.ClH/c1-5-12-8(14)7-13(6-2)9(15)10(3,4)11;/h5-7,11H2,1-4H3,(H,12,14);1H. The summed E-state index contributed by atoms with van der Waals surface area (Å²) < 4.78 is 0. The van der Waals surface area contributed by atoms with Gasteiger partial charge in [-0.05, 0) is 27.7 Å². The van der Waals surface area contributed by atoms with Crippen LogP contribution in [0, 0.1) is 0 Å². The maximum absolute atomic E-state index is 11.8. The molecule has 3 N–H and O–H groups in total. The lowest BCUT2D eigenvalue weighted by Crippen LogP contribution is -2.53. The Balaban J connectivity index is 0. The summed E-state index contributed by atoms with van der Waals surface area (Å²) in [4.78, 5) is 24.5. The predicted octanol–water partition coefficient (Wildman–Crippen LogP) is 0.130. The van der Waals surface area contributed by atoms with Crippen molar-refractivity contribution < 1.29 is 9.59 Å². The highest BCUT2D eigenvalue weighted by Gasteiger charge is 2.27. The highest BCUT2D eigenvalue weighted by Crippen LogP contribution is 2.03. The van der Waals surface area contributed by atoms with Crippen molar-refractivity contribution in [2.24, 2.45) is 5.73 Å². The lowest BCUT2D eigenvalue weighted by molar-refractivity contribution is -0.139. The third kappa shape index (κ3) is 5.92. The molecular formula is C10H22ClN3O2. The maximum Gasteiger partial charge on any atom is 0.242 e. The van der Waals surface area contributed by atoms with Gasteiger partial charge in [0.1, 0.15) is 0 Å². The molecule has 0 atom stereocenters. The third-order valence-corrected chi connectivity index (χ3v) is 1.93. The zero-order chi connectivity index (χ0) is 12.1. The Morgan fingerprint density at radius 2 is 1.81 bits per heavy atom. The minimum Gasteiger partial charge on any atom is -0.355 e. The van der Waals surface area contributed by atoms with Crippen LogP contribution in [0.2, 0.25) is 0 Å². The van der Waals surface area contributed by atoms with E-state index in [1.807, 2.05) is 13.8 Å². The summed E-state index contributed by atoms with van der Waals surface area (Å²) in [5.41, 5.74) is 4.75. The second kappa shape index (κ2) is 7.46. The summed E-state index contributed by atoms with van der Waals surface area (Å²) >= 11 is 0. The Bertz CT molecular complexity index is 239. The van der Waals surface area contributed by atoms with Crippen molar-refractivity contribution in [3.63, 3.8) is 0 Å². The molecule has 0 radical (unpaired) electrons. The van der Waals surface area contributed by atoms with Crippen molar-refractivity contribution in [2.75, 3.05) is 19.6 Å². The molecule has 0 aliphatic rings. The highest BCUT2D eigenvalue weighted by molar-refractivity contribution is 5.89. The lowest BCUT2D eigenvalue weighted by atomic mass is 10.1. The molecule has 96 valence electrons. The molecule has 5 nitrogen and oxygen atoms in total. The number of hydrogen-bond acceptors (Lipinski definition) is 3. The minimum absolute atomic E-state index is 0. The van der Waals surface area contributed by atoms with Gasteiger partial charge in [-0.15, -0.1) is 12.4 Å². The molecule has 0 rings (SSSR count). The number of nitrogens with one attached hydrogen (secondary N) is 1. The van der Waals surface area contributed by atoms with Gasteiger partial charge >= 0.3 is 0 Å². The van der Waals surface area contributed by atoms with E-state index < -0.39 is 5.54 Å². The first-order valence-corrected chi connectivity index (χ1v) is 5.17. The van der Waals surface area contributed by atoms with Crippen LogP contribution in [0.15, 0.2) is 0 Å². The van der Waals surface area contributed by atoms with Crippen molar-refractivity contribution in [1.82, 2.24) is 10.2 Å². The fourth-order valence-corrected chi connectivity index (χ4v) is 1.16. The second-order valence-corrected chi connectivity index (χ2v) is 3.99. The first kappa shape index (κ1) is 17.6. The smallest absolute Gasteiger partial charge is 0.242 e. The zero-order valence-corrected chi connectivity index (χ0v) is 11.2. The Morgan fingerprint density at radius 1 is 1.31 bits per heavy atom. The molecule has 2 amide bonds. The Labute approximate surface area is 103 Å². The van der Waals surface area contributed by atoms with Crippen molar-refractivity contribution in [3.8, 4) is 0 Å². The van der Waals surface area contributed by atoms with Crippen molar-refractivity contribution in [1.29, 1.82) is 0 Å². The van der Waals surface area contributed by atoms with Crippen LogP contribution in [-0.2, 0) is 9.59 Å². The molecule has 0 aromatic carbocycles. The number of nitrogens with zero attached hydrogens (tertiary/aromatic N) is 1. The molecule has 0 spiro atoms. The van der Waals surface area contributed by atoms with E-state index in [1.165, 1.54) is 4.90 Å². The van der Waals surface area contributed by atoms with Crippen LogP contribution in [0.3, 0.4) is 0 Å². The number of rotatable bonds is 5. The Morgan fingerprint density at radius 3 is 2.12 bits per heavy atom. The first-order valence-electron chi connectivity index (χ1n) is 5.17. The van der Waals surface area contributed by atoms with Crippen molar-refractivity contribution in [3.05, 3.63) is 0 Å². The molecule has 0 fully saturated rings. The van der Waals surface area contributed by atoms with Crippen LogP contribution in [0.25, 0.3) is 0 Å². The first-order chi connectivity index (χ1) is 6.82. The highest BCUT2D eigenvalue weighted by atomic mass is 35.5. The van der Waals surface area contributed by atoms with E-state index in [0.29, 0.717) is 13.1 Å².